The van der Waals surface area contributed by atoms with Gasteiger partial charge in [-0.2, -0.15) is 0 Å². The van der Waals surface area contributed by atoms with Gasteiger partial charge < -0.3 is 14.6 Å². The number of ether oxygens (including phenoxy) is 2. The number of nitrogens with zero attached hydrogens (tertiary/aromatic N) is 4. The summed E-state index contributed by atoms with van der Waals surface area (Å²) < 4.78 is 26.4. The van der Waals surface area contributed by atoms with Gasteiger partial charge in [-0.15, -0.1) is 5.10 Å². The first kappa shape index (κ1) is 19.2. The zero-order valence-corrected chi connectivity index (χ0v) is 17.4. The molecule has 1 aliphatic rings. The number of methoxy groups -OCH3 is 1. The van der Waals surface area contributed by atoms with Gasteiger partial charge in [0.2, 0.25) is 5.88 Å². The second-order valence-corrected chi connectivity index (χ2v) is 7.70. The van der Waals surface area contributed by atoms with Crippen LogP contribution in [0, 0.1) is 5.82 Å². The standard InChI is InChI=1S/C25H17FN4O3/c1-32-18-9-4-14(5-10-18)21-19-11-8-17(31)12-20(19)33-25-22(21)24-28-23(29-30(24)13-27-25)15-2-6-16(26)7-3-15/h2-13,21,31H,1H3/t21-/m1/s1. The molecular formula is C25H17FN4O3. The van der Waals surface area contributed by atoms with Gasteiger partial charge >= 0.3 is 0 Å². The Bertz CT molecular complexity index is 1500. The first-order valence-corrected chi connectivity index (χ1v) is 10.3. The third-order valence-corrected chi connectivity index (χ3v) is 5.74. The molecule has 0 amide bonds. The van der Waals surface area contributed by atoms with E-state index in [-0.39, 0.29) is 17.5 Å². The minimum absolute atomic E-state index is 0.104. The van der Waals surface area contributed by atoms with Crippen LogP contribution in [0.4, 0.5) is 4.39 Å². The number of phenols is 1. The normalized spacial score (nSPS) is 14.4. The van der Waals surface area contributed by atoms with Crippen molar-refractivity contribution in [2.24, 2.45) is 0 Å². The number of phenolic OH excluding ortho intramolecular Hbond substituents is 1. The van der Waals surface area contributed by atoms with Crippen molar-refractivity contribution >= 4 is 5.65 Å². The van der Waals surface area contributed by atoms with Crippen molar-refractivity contribution in [3.05, 3.63) is 95.6 Å². The van der Waals surface area contributed by atoms with E-state index in [1.807, 2.05) is 30.3 Å². The molecule has 0 saturated heterocycles. The van der Waals surface area contributed by atoms with Gasteiger partial charge in [0.05, 0.1) is 12.7 Å². The Balaban J connectivity index is 1.58. The highest BCUT2D eigenvalue weighted by atomic mass is 19.1. The number of fused-ring (bicyclic) bond motifs is 4. The Morgan fingerprint density at radius 3 is 2.58 bits per heavy atom. The average Bonchev–Trinajstić information content (AvgIpc) is 3.27. The molecule has 33 heavy (non-hydrogen) atoms. The van der Waals surface area contributed by atoms with Crippen molar-refractivity contribution in [1.29, 1.82) is 0 Å². The van der Waals surface area contributed by atoms with E-state index in [4.69, 9.17) is 14.5 Å². The Hall–Kier alpha value is -4.46. The second-order valence-electron chi connectivity index (χ2n) is 7.70. The van der Waals surface area contributed by atoms with E-state index in [1.165, 1.54) is 18.5 Å². The van der Waals surface area contributed by atoms with Crippen molar-refractivity contribution < 1.29 is 19.0 Å². The number of halogens is 1. The van der Waals surface area contributed by atoms with Crippen molar-refractivity contribution in [2.75, 3.05) is 7.11 Å². The number of benzene rings is 3. The molecule has 0 aliphatic carbocycles. The highest BCUT2D eigenvalue weighted by Gasteiger charge is 2.33. The van der Waals surface area contributed by atoms with Crippen LogP contribution in [-0.2, 0) is 0 Å². The van der Waals surface area contributed by atoms with Gasteiger partial charge in [-0.1, -0.05) is 18.2 Å². The zero-order chi connectivity index (χ0) is 22.5. The van der Waals surface area contributed by atoms with Crippen LogP contribution in [0.25, 0.3) is 17.0 Å². The topological polar surface area (TPSA) is 81.8 Å². The summed E-state index contributed by atoms with van der Waals surface area (Å²) in [6.07, 6.45) is 1.53. The van der Waals surface area contributed by atoms with Gasteiger partial charge in [-0.25, -0.2) is 18.9 Å². The summed E-state index contributed by atoms with van der Waals surface area (Å²) in [7, 11) is 1.62. The van der Waals surface area contributed by atoms with Gasteiger partial charge in [0.25, 0.3) is 0 Å². The van der Waals surface area contributed by atoms with E-state index in [0.717, 1.165) is 22.4 Å². The number of hydrogen-bond acceptors (Lipinski definition) is 6. The predicted molar refractivity (Wildman–Crippen MR) is 118 cm³/mol. The molecule has 1 N–H and O–H groups in total. The Morgan fingerprint density at radius 2 is 1.82 bits per heavy atom. The molecule has 0 spiro atoms. The van der Waals surface area contributed by atoms with Gasteiger partial charge in [0, 0.05) is 23.1 Å². The van der Waals surface area contributed by atoms with Gasteiger partial charge in [0.15, 0.2) is 11.5 Å². The van der Waals surface area contributed by atoms with E-state index in [1.54, 1.807) is 35.9 Å². The lowest BCUT2D eigenvalue weighted by Crippen LogP contribution is -2.15. The quantitative estimate of drug-likeness (QED) is 0.420. The van der Waals surface area contributed by atoms with Crippen LogP contribution in [0.5, 0.6) is 23.1 Å². The molecule has 0 radical (unpaired) electrons. The molecule has 8 heteroatoms. The lowest BCUT2D eigenvalue weighted by molar-refractivity contribution is 0.414. The fourth-order valence-electron chi connectivity index (χ4n) is 4.17. The van der Waals surface area contributed by atoms with Crippen molar-refractivity contribution in [3.8, 4) is 34.5 Å². The van der Waals surface area contributed by atoms with Crippen LogP contribution in [0.1, 0.15) is 22.6 Å². The summed E-state index contributed by atoms with van der Waals surface area (Å²) in [5.41, 5.74) is 3.87. The maximum atomic E-state index is 13.4. The molecule has 6 rings (SSSR count). The molecule has 0 fully saturated rings. The van der Waals surface area contributed by atoms with Crippen LogP contribution >= 0.6 is 0 Å². The molecular weight excluding hydrogens is 423 g/mol. The molecule has 3 heterocycles. The summed E-state index contributed by atoms with van der Waals surface area (Å²) in [4.78, 5) is 9.24. The molecule has 0 unspecified atom stereocenters. The van der Waals surface area contributed by atoms with Crippen LogP contribution in [-0.4, -0.2) is 31.8 Å². The maximum Gasteiger partial charge on any atom is 0.228 e. The maximum absolute atomic E-state index is 13.4. The van der Waals surface area contributed by atoms with E-state index in [2.05, 4.69) is 10.1 Å². The summed E-state index contributed by atoms with van der Waals surface area (Å²) >= 11 is 0. The van der Waals surface area contributed by atoms with E-state index in [0.29, 0.717) is 28.7 Å². The molecule has 5 aromatic rings. The molecule has 0 bridgehead atoms. The first-order chi connectivity index (χ1) is 16.1. The molecule has 3 aromatic carbocycles. The second kappa shape index (κ2) is 7.30. The third kappa shape index (κ3) is 3.15. The first-order valence-electron chi connectivity index (χ1n) is 10.3. The fraction of sp³-hybridized carbons (Fsp3) is 0.0800. The molecule has 2 aromatic heterocycles. The fourth-order valence-corrected chi connectivity index (χ4v) is 4.17. The lowest BCUT2D eigenvalue weighted by Gasteiger charge is -2.28. The molecule has 0 saturated carbocycles. The highest BCUT2D eigenvalue weighted by molar-refractivity contribution is 5.68. The van der Waals surface area contributed by atoms with Crippen LogP contribution in [0.15, 0.2) is 73.1 Å². The summed E-state index contributed by atoms with van der Waals surface area (Å²) in [6.45, 7) is 0. The van der Waals surface area contributed by atoms with E-state index < -0.39 is 0 Å². The molecule has 7 nitrogen and oxygen atoms in total. The highest BCUT2D eigenvalue weighted by Crippen LogP contribution is 2.48. The number of rotatable bonds is 3. The SMILES string of the molecule is COc1ccc([C@@H]2c3ccc(O)cc3Oc3ncn4nc(-c5ccc(F)cc5)nc4c32)cc1. The zero-order valence-electron chi connectivity index (χ0n) is 17.4. The minimum Gasteiger partial charge on any atom is -0.508 e. The summed E-state index contributed by atoms with van der Waals surface area (Å²) in [5, 5.41) is 14.6. The lowest BCUT2D eigenvalue weighted by atomic mass is 9.84. The summed E-state index contributed by atoms with van der Waals surface area (Å²) in [6, 6.07) is 18.8. The monoisotopic (exact) mass is 440 g/mol. The number of aromatic hydroxyl groups is 1. The predicted octanol–water partition coefficient (Wildman–Crippen LogP) is 4.93. The molecule has 1 aliphatic heterocycles. The van der Waals surface area contributed by atoms with Crippen LogP contribution in [0.2, 0.25) is 0 Å². The number of aromatic nitrogens is 4. The van der Waals surface area contributed by atoms with Gasteiger partial charge in [-0.05, 0) is 48.0 Å². The third-order valence-electron chi connectivity index (χ3n) is 5.74. The molecule has 162 valence electrons. The Kier molecular flexibility index (Phi) is 4.26. The van der Waals surface area contributed by atoms with E-state index >= 15 is 0 Å². The minimum atomic E-state index is -0.325. The van der Waals surface area contributed by atoms with Crippen molar-refractivity contribution in [3.63, 3.8) is 0 Å². The van der Waals surface area contributed by atoms with Crippen LogP contribution < -0.4 is 9.47 Å². The Morgan fingerprint density at radius 1 is 1.03 bits per heavy atom. The van der Waals surface area contributed by atoms with Crippen molar-refractivity contribution in [2.45, 2.75) is 5.92 Å². The van der Waals surface area contributed by atoms with Crippen LogP contribution in [0.3, 0.4) is 0 Å². The average molecular weight is 440 g/mol. The van der Waals surface area contributed by atoms with Gasteiger partial charge in [-0.3, -0.25) is 0 Å². The summed E-state index contributed by atoms with van der Waals surface area (Å²) in [5.74, 6) is 1.63. The number of hydrogen-bond donors (Lipinski definition) is 1. The Labute approximate surface area is 187 Å². The van der Waals surface area contributed by atoms with Crippen molar-refractivity contribution in [1.82, 2.24) is 19.6 Å². The van der Waals surface area contributed by atoms with Gasteiger partial charge in [0.1, 0.15) is 29.4 Å². The molecule has 1 atom stereocenters. The largest absolute Gasteiger partial charge is 0.508 e. The smallest absolute Gasteiger partial charge is 0.228 e. The van der Waals surface area contributed by atoms with E-state index in [9.17, 15) is 9.50 Å².